The van der Waals surface area contributed by atoms with Crippen molar-refractivity contribution in [1.29, 1.82) is 0 Å². The molecule has 9 heteroatoms. The lowest BCUT2D eigenvalue weighted by atomic mass is 10.0. The van der Waals surface area contributed by atoms with E-state index in [1.807, 2.05) is 0 Å². The number of nitrogens with zero attached hydrogens (tertiary/aromatic N) is 3. The fourth-order valence-corrected chi connectivity index (χ4v) is 3.94. The molecular formula is C14H17N3O5S. The second-order valence-electron chi connectivity index (χ2n) is 5.22. The Balaban J connectivity index is 1.78. The predicted molar refractivity (Wildman–Crippen MR) is 80.1 cm³/mol. The van der Waals surface area contributed by atoms with Crippen molar-refractivity contribution in [2.75, 3.05) is 27.3 Å². The molecule has 1 saturated heterocycles. The van der Waals surface area contributed by atoms with Crippen molar-refractivity contribution in [3.05, 3.63) is 29.9 Å². The largest absolute Gasteiger partial charge is 0.493 e. The van der Waals surface area contributed by atoms with Crippen LogP contribution in [0.1, 0.15) is 17.6 Å². The average Bonchev–Trinajstić information content (AvgIpc) is 2.90. The van der Waals surface area contributed by atoms with Crippen molar-refractivity contribution in [2.45, 2.75) is 17.7 Å². The third kappa shape index (κ3) is 2.77. The van der Waals surface area contributed by atoms with Gasteiger partial charge in [-0.05, 0) is 19.1 Å². The van der Waals surface area contributed by atoms with E-state index < -0.39 is 10.0 Å². The maximum atomic E-state index is 12.6. The van der Waals surface area contributed by atoms with Crippen LogP contribution < -0.4 is 9.47 Å². The fourth-order valence-electron chi connectivity index (χ4n) is 2.40. The van der Waals surface area contributed by atoms with Crippen LogP contribution in [0.15, 0.2) is 27.6 Å². The Labute approximate surface area is 134 Å². The Hall–Kier alpha value is -2.13. The second-order valence-corrected chi connectivity index (χ2v) is 7.15. The van der Waals surface area contributed by atoms with E-state index in [1.54, 1.807) is 13.0 Å². The first-order valence-electron chi connectivity index (χ1n) is 6.98. The van der Waals surface area contributed by atoms with Crippen molar-refractivity contribution in [3.8, 4) is 11.5 Å². The van der Waals surface area contributed by atoms with E-state index in [0.717, 1.165) is 0 Å². The van der Waals surface area contributed by atoms with Gasteiger partial charge in [-0.2, -0.15) is 9.29 Å². The first kappa shape index (κ1) is 15.8. The Morgan fingerprint density at radius 3 is 2.48 bits per heavy atom. The quantitative estimate of drug-likeness (QED) is 0.807. The Kier molecular flexibility index (Phi) is 3.99. The highest BCUT2D eigenvalue weighted by molar-refractivity contribution is 7.89. The summed E-state index contributed by atoms with van der Waals surface area (Å²) in [7, 11) is -0.623. The summed E-state index contributed by atoms with van der Waals surface area (Å²) < 4.78 is 42.0. The van der Waals surface area contributed by atoms with Gasteiger partial charge >= 0.3 is 0 Å². The summed E-state index contributed by atoms with van der Waals surface area (Å²) in [5.41, 5.74) is 0. The zero-order valence-electron chi connectivity index (χ0n) is 13.0. The molecule has 2 heterocycles. The van der Waals surface area contributed by atoms with E-state index in [1.165, 1.54) is 30.7 Å². The minimum atomic E-state index is -3.59. The lowest BCUT2D eigenvalue weighted by Crippen LogP contribution is -2.48. The number of benzene rings is 1. The molecule has 3 rings (SSSR count). The third-order valence-electron chi connectivity index (χ3n) is 3.73. The molecule has 1 aliphatic heterocycles. The minimum Gasteiger partial charge on any atom is -0.493 e. The summed E-state index contributed by atoms with van der Waals surface area (Å²) in [5.74, 6) is 1.81. The molecule has 0 bridgehead atoms. The van der Waals surface area contributed by atoms with E-state index >= 15 is 0 Å². The van der Waals surface area contributed by atoms with Gasteiger partial charge in [-0.1, -0.05) is 5.16 Å². The normalized spacial score (nSPS) is 16.1. The van der Waals surface area contributed by atoms with Crippen molar-refractivity contribution in [1.82, 2.24) is 14.4 Å². The van der Waals surface area contributed by atoms with Crippen LogP contribution >= 0.6 is 0 Å². The number of methoxy groups -OCH3 is 2. The van der Waals surface area contributed by atoms with Crippen LogP contribution in [0.4, 0.5) is 0 Å². The maximum absolute atomic E-state index is 12.6. The molecule has 2 aromatic rings. The zero-order chi connectivity index (χ0) is 16.6. The zero-order valence-corrected chi connectivity index (χ0v) is 13.8. The van der Waals surface area contributed by atoms with E-state index in [9.17, 15) is 8.42 Å². The van der Waals surface area contributed by atoms with Crippen LogP contribution in [0.2, 0.25) is 0 Å². The smallest absolute Gasteiger partial charge is 0.243 e. The number of sulfonamides is 1. The molecule has 23 heavy (non-hydrogen) atoms. The number of aryl methyl sites for hydroxylation is 1. The van der Waals surface area contributed by atoms with Gasteiger partial charge < -0.3 is 14.0 Å². The molecule has 124 valence electrons. The van der Waals surface area contributed by atoms with Gasteiger partial charge in [0.25, 0.3) is 0 Å². The van der Waals surface area contributed by atoms with E-state index in [2.05, 4.69) is 10.1 Å². The summed E-state index contributed by atoms with van der Waals surface area (Å²) in [6.45, 7) is 2.36. The number of aromatic nitrogens is 2. The number of rotatable bonds is 5. The molecule has 0 amide bonds. The van der Waals surface area contributed by atoms with Gasteiger partial charge in [0, 0.05) is 19.2 Å². The van der Waals surface area contributed by atoms with Gasteiger partial charge in [-0.25, -0.2) is 8.42 Å². The molecule has 0 atom stereocenters. The minimum absolute atomic E-state index is 0.0638. The summed E-state index contributed by atoms with van der Waals surface area (Å²) in [6.07, 6.45) is 0. The lowest BCUT2D eigenvalue weighted by molar-refractivity contribution is 0.216. The molecule has 0 saturated carbocycles. The molecule has 1 aromatic carbocycles. The van der Waals surface area contributed by atoms with E-state index in [0.29, 0.717) is 36.3 Å². The van der Waals surface area contributed by atoms with Gasteiger partial charge in [-0.15, -0.1) is 0 Å². The van der Waals surface area contributed by atoms with E-state index in [-0.39, 0.29) is 10.8 Å². The Morgan fingerprint density at radius 2 is 1.91 bits per heavy atom. The summed E-state index contributed by atoms with van der Waals surface area (Å²) in [5, 5.41) is 3.72. The highest BCUT2D eigenvalue weighted by Gasteiger charge is 2.40. The molecule has 1 aromatic heterocycles. The second kappa shape index (κ2) is 5.82. The first-order valence-corrected chi connectivity index (χ1v) is 8.42. The molecule has 0 N–H and O–H groups in total. The topological polar surface area (TPSA) is 94.8 Å². The third-order valence-corrected chi connectivity index (χ3v) is 5.56. The Morgan fingerprint density at radius 1 is 1.22 bits per heavy atom. The van der Waals surface area contributed by atoms with Crippen LogP contribution in [0.25, 0.3) is 0 Å². The summed E-state index contributed by atoms with van der Waals surface area (Å²) >= 11 is 0. The maximum Gasteiger partial charge on any atom is 0.243 e. The van der Waals surface area contributed by atoms with Crippen molar-refractivity contribution >= 4 is 10.0 Å². The predicted octanol–water partition coefficient (Wildman–Crippen LogP) is 1.18. The van der Waals surface area contributed by atoms with Crippen LogP contribution in [-0.4, -0.2) is 50.2 Å². The summed E-state index contributed by atoms with van der Waals surface area (Å²) in [4.78, 5) is 4.30. The Bertz CT molecular complexity index is 812. The van der Waals surface area contributed by atoms with Crippen LogP contribution in [0.3, 0.4) is 0 Å². The monoisotopic (exact) mass is 339 g/mol. The molecule has 0 aliphatic carbocycles. The average molecular weight is 339 g/mol. The molecule has 0 spiro atoms. The van der Waals surface area contributed by atoms with Gasteiger partial charge in [-0.3, -0.25) is 0 Å². The number of ether oxygens (including phenoxy) is 2. The van der Waals surface area contributed by atoms with Crippen LogP contribution in [0.5, 0.6) is 11.5 Å². The molecule has 8 nitrogen and oxygen atoms in total. The molecule has 1 fully saturated rings. The van der Waals surface area contributed by atoms with Gasteiger partial charge in [0.15, 0.2) is 17.3 Å². The lowest BCUT2D eigenvalue weighted by Gasteiger charge is -2.35. The highest BCUT2D eigenvalue weighted by atomic mass is 32.2. The van der Waals surface area contributed by atoms with Gasteiger partial charge in [0.2, 0.25) is 15.9 Å². The van der Waals surface area contributed by atoms with Crippen molar-refractivity contribution in [3.63, 3.8) is 0 Å². The molecule has 0 radical (unpaired) electrons. The standard InChI is InChI=1S/C14H17N3O5S/c1-9-15-14(22-16-9)10-7-17(8-10)23(18,19)11-4-5-12(20-2)13(6-11)21-3/h4-6,10H,7-8H2,1-3H3. The molecule has 0 unspecified atom stereocenters. The SMILES string of the molecule is COc1ccc(S(=O)(=O)N2CC(c3nc(C)no3)C2)cc1OC. The van der Waals surface area contributed by atoms with Crippen LogP contribution in [0, 0.1) is 6.92 Å². The first-order chi connectivity index (χ1) is 11.0. The fraction of sp³-hybridized carbons (Fsp3) is 0.429. The molecule has 1 aliphatic rings. The van der Waals surface area contributed by atoms with Gasteiger partial charge in [0.05, 0.1) is 25.0 Å². The van der Waals surface area contributed by atoms with Gasteiger partial charge in [0.1, 0.15) is 0 Å². The van der Waals surface area contributed by atoms with Crippen molar-refractivity contribution < 1.29 is 22.4 Å². The number of hydrogen-bond donors (Lipinski definition) is 0. The number of hydrogen-bond acceptors (Lipinski definition) is 7. The molecular weight excluding hydrogens is 322 g/mol. The van der Waals surface area contributed by atoms with Crippen molar-refractivity contribution in [2.24, 2.45) is 0 Å². The highest BCUT2D eigenvalue weighted by Crippen LogP contribution is 2.34. The summed E-state index contributed by atoms with van der Waals surface area (Å²) in [6, 6.07) is 4.53. The van der Waals surface area contributed by atoms with Crippen LogP contribution in [-0.2, 0) is 10.0 Å². The van der Waals surface area contributed by atoms with E-state index in [4.69, 9.17) is 14.0 Å².